The van der Waals surface area contributed by atoms with Crippen molar-refractivity contribution in [3.8, 4) is 0 Å². The number of fused-ring (bicyclic) bond motifs is 1. The molecule has 0 radical (unpaired) electrons. The zero-order chi connectivity index (χ0) is 20.1. The van der Waals surface area contributed by atoms with Crippen molar-refractivity contribution >= 4 is 50.7 Å². The molecule has 29 heavy (non-hydrogen) atoms. The van der Waals surface area contributed by atoms with Gasteiger partial charge in [-0.25, -0.2) is 8.42 Å². The first kappa shape index (κ1) is 23.2. The predicted octanol–water partition coefficient (Wildman–Crippen LogP) is 3.67. The average Bonchev–Trinajstić information content (AvgIpc) is 3.00. The molecule has 8 heteroatoms. The van der Waals surface area contributed by atoms with Gasteiger partial charge in [-0.05, 0) is 37.1 Å². The lowest BCUT2D eigenvalue weighted by atomic mass is 10.1. The fourth-order valence-electron chi connectivity index (χ4n) is 3.01. The number of aryl methyl sites for hydroxylation is 1. The second-order valence-electron chi connectivity index (χ2n) is 6.67. The Kier molecular flexibility index (Phi) is 8.09. The predicted molar refractivity (Wildman–Crippen MR) is 128 cm³/mol. The standard InChI is InChI=1S/C21H25N3O3S.HI/c1-15-18-6-4-5-7-19(18)27-20(15)14-24-21(22-2)23-13-12-16-8-10-17(11-9-16)28(3,25)26;/h4-11H,12-14H2,1-3H3,(H2,22,23,24);1H. The maximum atomic E-state index is 11.5. The Morgan fingerprint density at radius 2 is 1.76 bits per heavy atom. The Morgan fingerprint density at radius 1 is 1.07 bits per heavy atom. The van der Waals surface area contributed by atoms with Crippen molar-refractivity contribution in [2.75, 3.05) is 19.8 Å². The fourth-order valence-corrected chi connectivity index (χ4v) is 3.64. The molecule has 2 N–H and O–H groups in total. The lowest BCUT2D eigenvalue weighted by molar-refractivity contribution is 0.534. The molecule has 0 aliphatic carbocycles. The van der Waals surface area contributed by atoms with E-state index in [0.29, 0.717) is 23.9 Å². The number of halogens is 1. The zero-order valence-electron chi connectivity index (χ0n) is 16.7. The zero-order valence-corrected chi connectivity index (χ0v) is 19.9. The van der Waals surface area contributed by atoms with Crippen molar-refractivity contribution < 1.29 is 12.8 Å². The van der Waals surface area contributed by atoms with Gasteiger partial charge in [0.15, 0.2) is 15.8 Å². The average molecular weight is 527 g/mol. The number of aliphatic imine (C=N–C) groups is 1. The number of rotatable bonds is 6. The molecule has 0 unspecified atom stereocenters. The van der Waals surface area contributed by atoms with E-state index in [-0.39, 0.29) is 24.0 Å². The van der Waals surface area contributed by atoms with E-state index in [1.165, 1.54) is 6.26 Å². The minimum atomic E-state index is -3.16. The van der Waals surface area contributed by atoms with Gasteiger partial charge in [-0.15, -0.1) is 24.0 Å². The topological polar surface area (TPSA) is 83.7 Å². The number of nitrogens with zero attached hydrogens (tertiary/aromatic N) is 1. The molecule has 0 spiro atoms. The first-order valence-corrected chi connectivity index (χ1v) is 11.0. The third kappa shape index (κ3) is 5.96. The quantitative estimate of drug-likeness (QED) is 0.291. The van der Waals surface area contributed by atoms with Crippen LogP contribution in [0.1, 0.15) is 16.9 Å². The van der Waals surface area contributed by atoms with Crippen molar-refractivity contribution in [3.63, 3.8) is 0 Å². The van der Waals surface area contributed by atoms with Gasteiger partial charge in [0.2, 0.25) is 0 Å². The molecule has 2 aromatic carbocycles. The van der Waals surface area contributed by atoms with Crippen LogP contribution in [0.25, 0.3) is 11.0 Å². The van der Waals surface area contributed by atoms with Gasteiger partial charge in [0.1, 0.15) is 11.3 Å². The van der Waals surface area contributed by atoms with E-state index in [1.807, 2.05) is 30.3 Å². The smallest absolute Gasteiger partial charge is 0.191 e. The Hall–Kier alpha value is -2.07. The Balaban J connectivity index is 0.00000300. The number of sulfone groups is 1. The molecule has 0 saturated carbocycles. The molecule has 1 heterocycles. The molecule has 6 nitrogen and oxygen atoms in total. The lowest BCUT2D eigenvalue weighted by Crippen LogP contribution is -2.37. The molecule has 0 bridgehead atoms. The monoisotopic (exact) mass is 527 g/mol. The van der Waals surface area contributed by atoms with Crippen molar-refractivity contribution in [1.82, 2.24) is 10.6 Å². The van der Waals surface area contributed by atoms with Crippen molar-refractivity contribution in [1.29, 1.82) is 0 Å². The summed E-state index contributed by atoms with van der Waals surface area (Å²) in [5.74, 6) is 1.58. The SMILES string of the molecule is CN=C(NCCc1ccc(S(C)(=O)=O)cc1)NCc1oc2ccccc2c1C.I. The molecular weight excluding hydrogens is 501 g/mol. The molecule has 0 atom stereocenters. The third-order valence-corrected chi connectivity index (χ3v) is 5.77. The summed E-state index contributed by atoms with van der Waals surface area (Å²) >= 11 is 0. The van der Waals surface area contributed by atoms with Gasteiger partial charge in [0.25, 0.3) is 0 Å². The number of furan rings is 1. The summed E-state index contributed by atoms with van der Waals surface area (Å²) in [4.78, 5) is 4.57. The van der Waals surface area contributed by atoms with E-state index in [9.17, 15) is 8.42 Å². The number of guanidine groups is 1. The van der Waals surface area contributed by atoms with Crippen molar-refractivity contribution in [3.05, 3.63) is 65.4 Å². The van der Waals surface area contributed by atoms with Crippen molar-refractivity contribution in [2.24, 2.45) is 4.99 Å². The number of nitrogens with one attached hydrogen (secondary N) is 2. The van der Waals surface area contributed by atoms with Crippen LogP contribution in [0.15, 0.2) is 62.8 Å². The van der Waals surface area contributed by atoms with E-state index in [1.54, 1.807) is 19.2 Å². The van der Waals surface area contributed by atoms with Crippen LogP contribution in [0, 0.1) is 6.92 Å². The molecule has 0 saturated heterocycles. The maximum Gasteiger partial charge on any atom is 0.191 e. The van der Waals surface area contributed by atoms with E-state index < -0.39 is 9.84 Å². The summed E-state index contributed by atoms with van der Waals surface area (Å²) in [6, 6.07) is 15.0. The molecule has 0 fully saturated rings. The normalized spacial score (nSPS) is 11.9. The molecular formula is C21H26IN3O3S. The van der Waals surface area contributed by atoms with E-state index >= 15 is 0 Å². The van der Waals surface area contributed by atoms with Gasteiger partial charge >= 0.3 is 0 Å². The van der Waals surface area contributed by atoms with Crippen LogP contribution in [0.4, 0.5) is 0 Å². The Morgan fingerprint density at radius 3 is 2.38 bits per heavy atom. The van der Waals surface area contributed by atoms with Gasteiger partial charge in [-0.2, -0.15) is 0 Å². The minimum Gasteiger partial charge on any atom is -0.459 e. The van der Waals surface area contributed by atoms with Gasteiger partial charge in [-0.3, -0.25) is 4.99 Å². The van der Waals surface area contributed by atoms with Crippen LogP contribution in [0.3, 0.4) is 0 Å². The highest BCUT2D eigenvalue weighted by Gasteiger charge is 2.10. The number of para-hydroxylation sites is 1. The second kappa shape index (κ2) is 10.1. The highest BCUT2D eigenvalue weighted by atomic mass is 127. The first-order valence-electron chi connectivity index (χ1n) is 9.09. The molecule has 0 aliphatic rings. The second-order valence-corrected chi connectivity index (χ2v) is 8.68. The lowest BCUT2D eigenvalue weighted by Gasteiger charge is -2.11. The van der Waals surface area contributed by atoms with Gasteiger partial charge in [0, 0.05) is 30.8 Å². The first-order chi connectivity index (χ1) is 13.4. The highest BCUT2D eigenvalue weighted by Crippen LogP contribution is 2.24. The maximum absolute atomic E-state index is 11.5. The molecule has 3 rings (SSSR count). The Labute approximate surface area is 188 Å². The third-order valence-electron chi connectivity index (χ3n) is 4.64. The molecule has 3 aromatic rings. The summed E-state index contributed by atoms with van der Waals surface area (Å²) in [5, 5.41) is 7.66. The van der Waals surface area contributed by atoms with E-state index in [0.717, 1.165) is 34.3 Å². The van der Waals surface area contributed by atoms with Gasteiger partial charge < -0.3 is 15.1 Å². The summed E-state index contributed by atoms with van der Waals surface area (Å²) in [6.07, 6.45) is 1.97. The van der Waals surface area contributed by atoms with Crippen LogP contribution < -0.4 is 10.6 Å². The molecule has 1 aromatic heterocycles. The fraction of sp³-hybridized carbons (Fsp3) is 0.286. The van der Waals surface area contributed by atoms with Gasteiger partial charge in [0.05, 0.1) is 11.4 Å². The number of hydrogen-bond acceptors (Lipinski definition) is 4. The van der Waals surface area contributed by atoms with Crippen LogP contribution in [-0.4, -0.2) is 34.2 Å². The summed E-state index contributed by atoms with van der Waals surface area (Å²) < 4.78 is 28.9. The molecule has 0 amide bonds. The molecule has 0 aliphatic heterocycles. The van der Waals surface area contributed by atoms with Gasteiger partial charge in [-0.1, -0.05) is 30.3 Å². The van der Waals surface area contributed by atoms with Crippen LogP contribution in [-0.2, 0) is 22.8 Å². The van der Waals surface area contributed by atoms with Crippen LogP contribution >= 0.6 is 24.0 Å². The summed E-state index contributed by atoms with van der Waals surface area (Å²) in [6.45, 7) is 3.28. The van der Waals surface area contributed by atoms with E-state index in [2.05, 4.69) is 28.6 Å². The van der Waals surface area contributed by atoms with E-state index in [4.69, 9.17) is 4.42 Å². The highest BCUT2D eigenvalue weighted by molar-refractivity contribution is 14.0. The van der Waals surface area contributed by atoms with Crippen LogP contribution in [0.5, 0.6) is 0 Å². The largest absolute Gasteiger partial charge is 0.459 e. The van der Waals surface area contributed by atoms with Crippen LogP contribution in [0.2, 0.25) is 0 Å². The minimum absolute atomic E-state index is 0. The number of benzene rings is 2. The summed E-state index contributed by atoms with van der Waals surface area (Å²) in [5.41, 5.74) is 3.07. The van der Waals surface area contributed by atoms with Crippen molar-refractivity contribution in [2.45, 2.75) is 24.8 Å². The number of hydrogen-bond donors (Lipinski definition) is 2. The molecule has 156 valence electrons. The summed E-state index contributed by atoms with van der Waals surface area (Å²) in [7, 11) is -1.43. The Bertz CT molecular complexity index is 1090.